The summed E-state index contributed by atoms with van der Waals surface area (Å²) in [6.45, 7) is 8.24. The summed E-state index contributed by atoms with van der Waals surface area (Å²) in [4.78, 5) is 0. The fourth-order valence-electron chi connectivity index (χ4n) is 2.22. The van der Waals surface area contributed by atoms with Crippen LogP contribution in [0.25, 0.3) is 0 Å². The number of rotatable bonds is 10. The molecule has 2 atom stereocenters. The maximum Gasteiger partial charge on any atom is 0.0658 e. The molecule has 2 unspecified atom stereocenters. The first-order valence-electron chi connectivity index (χ1n) is 6.97. The van der Waals surface area contributed by atoms with E-state index in [2.05, 4.69) is 26.5 Å². The molecular weight excluding hydrogens is 222 g/mol. The van der Waals surface area contributed by atoms with Gasteiger partial charge in [0.1, 0.15) is 0 Å². The van der Waals surface area contributed by atoms with Gasteiger partial charge in [0.05, 0.1) is 6.61 Å². The maximum absolute atomic E-state index is 9.17. The summed E-state index contributed by atoms with van der Waals surface area (Å²) in [5.41, 5.74) is 6.45. The zero-order chi connectivity index (χ0) is 13.8. The number of hydrogen-bond donors (Lipinski definition) is 2. The molecule has 0 spiro atoms. The number of allylic oxidation sites excluding steroid dienone is 3. The zero-order valence-electron chi connectivity index (χ0n) is 11.9. The third-order valence-electron chi connectivity index (χ3n) is 3.47. The molecule has 0 aliphatic rings. The Morgan fingerprint density at radius 1 is 1.44 bits per heavy atom. The Hall–Kier alpha value is -1.02. The van der Waals surface area contributed by atoms with E-state index in [0.717, 1.165) is 18.4 Å². The van der Waals surface area contributed by atoms with Gasteiger partial charge in [-0.25, -0.2) is 0 Å². The van der Waals surface area contributed by atoms with E-state index >= 15 is 0 Å². The number of hydrogen-bond acceptors (Lipinski definition) is 2. The quantitative estimate of drug-likeness (QED) is 0.580. The van der Waals surface area contributed by atoms with Crippen molar-refractivity contribution in [3.8, 4) is 0 Å². The lowest BCUT2D eigenvalue weighted by atomic mass is 9.83. The molecule has 2 heteroatoms. The summed E-state index contributed by atoms with van der Waals surface area (Å²) in [5.74, 6) is 1.20. The molecule has 0 fully saturated rings. The molecular formula is C16H29NO. The van der Waals surface area contributed by atoms with E-state index in [1.54, 1.807) is 6.20 Å². The van der Waals surface area contributed by atoms with Gasteiger partial charge in [-0.2, -0.15) is 0 Å². The van der Waals surface area contributed by atoms with Crippen molar-refractivity contribution in [2.75, 3.05) is 6.61 Å². The Balaban J connectivity index is 4.41. The summed E-state index contributed by atoms with van der Waals surface area (Å²) in [5, 5.41) is 9.17. The van der Waals surface area contributed by atoms with Crippen LogP contribution in [0.2, 0.25) is 0 Å². The van der Waals surface area contributed by atoms with Crippen molar-refractivity contribution in [1.29, 1.82) is 0 Å². The molecule has 0 aliphatic heterocycles. The monoisotopic (exact) mass is 251 g/mol. The van der Waals surface area contributed by atoms with Crippen LogP contribution in [0.1, 0.15) is 46.0 Å². The van der Waals surface area contributed by atoms with Crippen molar-refractivity contribution in [3.05, 3.63) is 36.6 Å². The van der Waals surface area contributed by atoms with E-state index in [-0.39, 0.29) is 6.61 Å². The minimum atomic E-state index is 0.0732. The molecule has 0 saturated carbocycles. The van der Waals surface area contributed by atoms with Crippen LogP contribution >= 0.6 is 0 Å². The van der Waals surface area contributed by atoms with Crippen molar-refractivity contribution in [3.63, 3.8) is 0 Å². The van der Waals surface area contributed by atoms with E-state index in [0.29, 0.717) is 11.8 Å². The van der Waals surface area contributed by atoms with Gasteiger partial charge >= 0.3 is 0 Å². The molecule has 2 nitrogen and oxygen atoms in total. The predicted molar refractivity (Wildman–Crippen MR) is 80.1 cm³/mol. The second kappa shape index (κ2) is 11.1. The van der Waals surface area contributed by atoms with E-state index in [1.165, 1.54) is 19.3 Å². The number of nitrogens with two attached hydrogens (primary N) is 1. The summed E-state index contributed by atoms with van der Waals surface area (Å²) in [6, 6.07) is 0. The maximum atomic E-state index is 9.17. The average Bonchev–Trinajstić information content (AvgIpc) is 2.39. The highest BCUT2D eigenvalue weighted by Crippen LogP contribution is 2.27. The Morgan fingerprint density at radius 3 is 2.67 bits per heavy atom. The lowest BCUT2D eigenvalue weighted by molar-refractivity contribution is 0.291. The normalized spacial score (nSPS) is 15.8. The molecule has 0 rings (SSSR count). The van der Waals surface area contributed by atoms with Gasteiger partial charge in [0.25, 0.3) is 0 Å². The van der Waals surface area contributed by atoms with Gasteiger partial charge in [-0.1, -0.05) is 51.5 Å². The second-order valence-electron chi connectivity index (χ2n) is 4.97. The summed E-state index contributed by atoms with van der Waals surface area (Å²) >= 11 is 0. The standard InChI is InChI=1S/C16H29NO/c1-4-6-8-10-16(9-7-5-2)14(3)11-15(12-17)13-18/h4,6,8,12,14,16,18H,1,5,7,9-11,13,17H2,2-3H3/b8-6-,15-12+. The van der Waals surface area contributed by atoms with Gasteiger partial charge in [0, 0.05) is 0 Å². The van der Waals surface area contributed by atoms with E-state index < -0.39 is 0 Å². The van der Waals surface area contributed by atoms with Crippen LogP contribution in [0.3, 0.4) is 0 Å². The summed E-state index contributed by atoms with van der Waals surface area (Å²) < 4.78 is 0. The molecule has 0 bridgehead atoms. The molecule has 0 radical (unpaired) electrons. The molecule has 0 aromatic rings. The van der Waals surface area contributed by atoms with Crippen LogP contribution in [0.5, 0.6) is 0 Å². The lowest BCUT2D eigenvalue weighted by Crippen LogP contribution is -2.13. The first-order valence-corrected chi connectivity index (χ1v) is 6.97. The smallest absolute Gasteiger partial charge is 0.0658 e. The van der Waals surface area contributed by atoms with Crippen LogP contribution in [0.15, 0.2) is 36.6 Å². The molecule has 3 N–H and O–H groups in total. The highest BCUT2D eigenvalue weighted by atomic mass is 16.3. The van der Waals surface area contributed by atoms with Gasteiger partial charge < -0.3 is 10.8 Å². The number of unbranched alkanes of at least 4 members (excludes halogenated alkanes) is 1. The highest BCUT2D eigenvalue weighted by molar-refractivity contribution is 5.02. The van der Waals surface area contributed by atoms with Gasteiger partial charge in [0.2, 0.25) is 0 Å². The molecule has 0 heterocycles. The molecule has 0 aliphatic carbocycles. The number of aliphatic hydroxyl groups is 1. The molecule has 104 valence electrons. The minimum absolute atomic E-state index is 0.0732. The SMILES string of the molecule is C=C/C=C\CC(CCCC)C(C)C/C(=C\N)CO. The zero-order valence-corrected chi connectivity index (χ0v) is 11.9. The third kappa shape index (κ3) is 7.33. The largest absolute Gasteiger partial charge is 0.405 e. The van der Waals surface area contributed by atoms with Crippen molar-refractivity contribution in [1.82, 2.24) is 0 Å². The molecule has 0 aromatic heterocycles. The van der Waals surface area contributed by atoms with Crippen molar-refractivity contribution in [2.45, 2.75) is 46.0 Å². The van der Waals surface area contributed by atoms with Crippen molar-refractivity contribution >= 4 is 0 Å². The van der Waals surface area contributed by atoms with Crippen LogP contribution < -0.4 is 5.73 Å². The summed E-state index contributed by atoms with van der Waals surface area (Å²) in [7, 11) is 0. The molecule has 0 amide bonds. The first kappa shape index (κ1) is 17.0. The molecule has 0 saturated heterocycles. The fraction of sp³-hybridized carbons (Fsp3) is 0.625. The molecule has 0 aromatic carbocycles. The fourth-order valence-corrected chi connectivity index (χ4v) is 2.22. The summed E-state index contributed by atoms with van der Waals surface area (Å²) in [6.07, 6.45) is 13.3. The van der Waals surface area contributed by atoms with Crippen LogP contribution in [0.4, 0.5) is 0 Å². The van der Waals surface area contributed by atoms with Crippen molar-refractivity contribution < 1.29 is 5.11 Å². The van der Waals surface area contributed by atoms with Crippen LogP contribution in [0, 0.1) is 11.8 Å². The van der Waals surface area contributed by atoms with Crippen molar-refractivity contribution in [2.24, 2.45) is 17.6 Å². The highest BCUT2D eigenvalue weighted by Gasteiger charge is 2.16. The van der Waals surface area contributed by atoms with Crippen LogP contribution in [-0.4, -0.2) is 11.7 Å². The minimum Gasteiger partial charge on any atom is -0.405 e. The van der Waals surface area contributed by atoms with E-state index in [1.807, 2.05) is 12.2 Å². The van der Waals surface area contributed by atoms with E-state index in [9.17, 15) is 5.11 Å². The lowest BCUT2D eigenvalue weighted by Gasteiger charge is -2.23. The van der Waals surface area contributed by atoms with Gasteiger partial charge in [-0.3, -0.25) is 0 Å². The van der Waals surface area contributed by atoms with E-state index in [4.69, 9.17) is 5.73 Å². The Bertz CT molecular complexity index is 268. The van der Waals surface area contributed by atoms with Gasteiger partial charge in [-0.15, -0.1) is 0 Å². The molecule has 18 heavy (non-hydrogen) atoms. The predicted octanol–water partition coefficient (Wildman–Crippen LogP) is 3.79. The van der Waals surface area contributed by atoms with Crippen LogP contribution in [-0.2, 0) is 0 Å². The Labute approximate surface area is 112 Å². The van der Waals surface area contributed by atoms with Gasteiger partial charge in [0.15, 0.2) is 0 Å². The Morgan fingerprint density at radius 2 is 2.17 bits per heavy atom. The second-order valence-corrected chi connectivity index (χ2v) is 4.97. The first-order chi connectivity index (χ1) is 8.69. The number of aliphatic hydroxyl groups excluding tert-OH is 1. The topological polar surface area (TPSA) is 46.2 Å². The Kier molecular flexibility index (Phi) is 10.5. The average molecular weight is 251 g/mol. The third-order valence-corrected chi connectivity index (χ3v) is 3.47. The van der Waals surface area contributed by atoms with Gasteiger partial charge in [-0.05, 0) is 42.9 Å².